The quantitative estimate of drug-likeness (QED) is 0.696. The van der Waals surface area contributed by atoms with Crippen LogP contribution in [0, 0.1) is 12.7 Å². The lowest BCUT2D eigenvalue weighted by Crippen LogP contribution is -1.89. The van der Waals surface area contributed by atoms with Crippen molar-refractivity contribution < 1.29 is 4.39 Å². The van der Waals surface area contributed by atoms with Gasteiger partial charge >= 0.3 is 0 Å². The van der Waals surface area contributed by atoms with Crippen molar-refractivity contribution in [3.63, 3.8) is 0 Å². The lowest BCUT2D eigenvalue weighted by Gasteiger charge is -1.98. The number of hydrogen-bond donors (Lipinski definition) is 1. The first-order valence-electron chi connectivity index (χ1n) is 5.16. The number of nitrogens with zero attached hydrogens (tertiary/aromatic N) is 3. The SMILES string of the molecule is Cc1cnc2[nH]cc(-c3ncc(F)cn3)c2c1. The van der Waals surface area contributed by atoms with E-state index in [9.17, 15) is 4.39 Å². The normalized spacial score (nSPS) is 10.9. The van der Waals surface area contributed by atoms with Crippen LogP contribution in [0.2, 0.25) is 0 Å². The van der Waals surface area contributed by atoms with Gasteiger partial charge in [0.2, 0.25) is 0 Å². The van der Waals surface area contributed by atoms with Crippen molar-refractivity contribution in [2.24, 2.45) is 0 Å². The fourth-order valence-corrected chi connectivity index (χ4v) is 1.74. The van der Waals surface area contributed by atoms with Crippen molar-refractivity contribution >= 4 is 11.0 Å². The number of halogens is 1. The molecule has 5 heteroatoms. The summed E-state index contributed by atoms with van der Waals surface area (Å²) in [6.45, 7) is 1.97. The van der Waals surface area contributed by atoms with E-state index < -0.39 is 5.82 Å². The molecule has 0 amide bonds. The summed E-state index contributed by atoms with van der Waals surface area (Å²) < 4.78 is 12.8. The zero-order chi connectivity index (χ0) is 11.8. The van der Waals surface area contributed by atoms with Gasteiger partial charge in [-0.05, 0) is 18.6 Å². The van der Waals surface area contributed by atoms with E-state index in [0.717, 1.165) is 34.6 Å². The summed E-state index contributed by atoms with van der Waals surface area (Å²) in [6.07, 6.45) is 5.88. The highest BCUT2D eigenvalue weighted by molar-refractivity contribution is 5.91. The maximum Gasteiger partial charge on any atom is 0.161 e. The average Bonchev–Trinajstić information content (AvgIpc) is 2.73. The lowest BCUT2D eigenvalue weighted by atomic mass is 10.2. The highest BCUT2D eigenvalue weighted by Crippen LogP contribution is 2.25. The number of aryl methyl sites for hydroxylation is 1. The Morgan fingerprint density at radius 1 is 1.12 bits per heavy atom. The summed E-state index contributed by atoms with van der Waals surface area (Å²) in [5.74, 6) is 0.0490. The predicted octanol–water partition coefficient (Wildman–Crippen LogP) is 2.47. The molecular formula is C12H9FN4. The van der Waals surface area contributed by atoms with E-state index in [1.54, 1.807) is 12.4 Å². The largest absolute Gasteiger partial charge is 0.345 e. The topological polar surface area (TPSA) is 54.5 Å². The fourth-order valence-electron chi connectivity index (χ4n) is 1.74. The zero-order valence-electron chi connectivity index (χ0n) is 9.11. The third kappa shape index (κ3) is 1.65. The van der Waals surface area contributed by atoms with Gasteiger partial charge in [-0.3, -0.25) is 0 Å². The van der Waals surface area contributed by atoms with E-state index in [2.05, 4.69) is 19.9 Å². The summed E-state index contributed by atoms with van der Waals surface area (Å²) in [7, 11) is 0. The smallest absolute Gasteiger partial charge is 0.161 e. The van der Waals surface area contributed by atoms with E-state index >= 15 is 0 Å². The second kappa shape index (κ2) is 3.62. The van der Waals surface area contributed by atoms with Gasteiger partial charge < -0.3 is 4.98 Å². The van der Waals surface area contributed by atoms with Crippen LogP contribution in [0.3, 0.4) is 0 Å². The van der Waals surface area contributed by atoms with Gasteiger partial charge in [0.1, 0.15) is 5.65 Å². The Balaban J connectivity index is 2.23. The van der Waals surface area contributed by atoms with Gasteiger partial charge in [-0.15, -0.1) is 0 Å². The number of pyridine rings is 1. The Morgan fingerprint density at radius 3 is 2.65 bits per heavy atom. The number of nitrogens with one attached hydrogen (secondary N) is 1. The van der Waals surface area contributed by atoms with Crippen LogP contribution < -0.4 is 0 Å². The van der Waals surface area contributed by atoms with Crippen molar-refractivity contribution in [2.75, 3.05) is 0 Å². The van der Waals surface area contributed by atoms with E-state index in [4.69, 9.17) is 0 Å². The molecule has 3 heterocycles. The van der Waals surface area contributed by atoms with Crippen molar-refractivity contribution in [3.05, 3.63) is 42.2 Å². The minimum absolute atomic E-state index is 0.442. The Labute approximate surface area is 96.6 Å². The molecule has 4 nitrogen and oxygen atoms in total. The first-order chi connectivity index (χ1) is 8.24. The van der Waals surface area contributed by atoms with Crippen LogP contribution in [0.15, 0.2) is 30.9 Å². The molecule has 17 heavy (non-hydrogen) atoms. The Kier molecular flexibility index (Phi) is 2.11. The molecule has 0 aliphatic rings. The molecule has 0 aliphatic carbocycles. The highest BCUT2D eigenvalue weighted by Gasteiger charge is 2.09. The molecule has 0 bridgehead atoms. The average molecular weight is 228 g/mol. The fraction of sp³-hybridized carbons (Fsp3) is 0.0833. The summed E-state index contributed by atoms with van der Waals surface area (Å²) in [4.78, 5) is 15.2. The number of fused-ring (bicyclic) bond motifs is 1. The molecule has 0 fully saturated rings. The Hall–Kier alpha value is -2.30. The molecular weight excluding hydrogens is 219 g/mol. The van der Waals surface area contributed by atoms with Gasteiger partial charge in [0.15, 0.2) is 11.6 Å². The van der Waals surface area contributed by atoms with Crippen LogP contribution in [0.1, 0.15) is 5.56 Å². The minimum atomic E-state index is -0.442. The summed E-state index contributed by atoms with van der Waals surface area (Å²) in [5, 5.41) is 0.941. The number of aromatic amines is 1. The first kappa shape index (κ1) is 9.89. The molecule has 0 spiro atoms. The summed E-state index contributed by atoms with van der Waals surface area (Å²) in [5.41, 5.74) is 2.66. The molecule has 0 saturated carbocycles. The molecule has 0 radical (unpaired) electrons. The van der Waals surface area contributed by atoms with Crippen LogP contribution in [0.4, 0.5) is 4.39 Å². The third-order valence-electron chi connectivity index (χ3n) is 2.53. The second-order valence-corrected chi connectivity index (χ2v) is 3.84. The molecule has 0 atom stereocenters. The predicted molar refractivity (Wildman–Crippen MR) is 61.8 cm³/mol. The van der Waals surface area contributed by atoms with Gasteiger partial charge in [0.05, 0.1) is 12.4 Å². The van der Waals surface area contributed by atoms with Crippen LogP contribution in [0.5, 0.6) is 0 Å². The highest BCUT2D eigenvalue weighted by atomic mass is 19.1. The van der Waals surface area contributed by atoms with Crippen LogP contribution >= 0.6 is 0 Å². The maximum absolute atomic E-state index is 12.8. The third-order valence-corrected chi connectivity index (χ3v) is 2.53. The van der Waals surface area contributed by atoms with Crippen molar-refractivity contribution in [3.8, 4) is 11.4 Å². The molecule has 3 aromatic heterocycles. The van der Waals surface area contributed by atoms with E-state index in [0.29, 0.717) is 5.82 Å². The van der Waals surface area contributed by atoms with Gasteiger partial charge in [0, 0.05) is 23.3 Å². The molecule has 1 N–H and O–H groups in total. The van der Waals surface area contributed by atoms with Crippen LogP contribution in [-0.2, 0) is 0 Å². The molecule has 3 aromatic rings. The Morgan fingerprint density at radius 2 is 1.88 bits per heavy atom. The van der Waals surface area contributed by atoms with Crippen molar-refractivity contribution in [1.29, 1.82) is 0 Å². The standard InChI is InChI=1S/C12H9FN4/c1-7-2-9-10(6-17-11(9)14-3-7)12-15-4-8(13)5-16-12/h2-6H,1H3,(H,14,17). The monoisotopic (exact) mass is 228 g/mol. The molecule has 84 valence electrons. The molecule has 0 aromatic carbocycles. The number of hydrogen-bond acceptors (Lipinski definition) is 3. The summed E-state index contributed by atoms with van der Waals surface area (Å²) in [6, 6.07) is 2.00. The number of H-pyrrole nitrogens is 1. The molecule has 0 saturated heterocycles. The van der Waals surface area contributed by atoms with Crippen molar-refractivity contribution in [1.82, 2.24) is 19.9 Å². The van der Waals surface area contributed by atoms with Gasteiger partial charge in [0.25, 0.3) is 0 Å². The van der Waals surface area contributed by atoms with Gasteiger partial charge in [-0.2, -0.15) is 0 Å². The Bertz CT molecular complexity index is 673. The molecule has 0 aliphatic heterocycles. The first-order valence-corrected chi connectivity index (χ1v) is 5.16. The van der Waals surface area contributed by atoms with E-state index in [1.807, 2.05) is 13.0 Å². The summed E-state index contributed by atoms with van der Waals surface area (Å²) >= 11 is 0. The van der Waals surface area contributed by atoms with Gasteiger partial charge in [-0.1, -0.05) is 0 Å². The zero-order valence-corrected chi connectivity index (χ0v) is 9.11. The van der Waals surface area contributed by atoms with Gasteiger partial charge in [-0.25, -0.2) is 19.3 Å². The minimum Gasteiger partial charge on any atom is -0.345 e. The van der Waals surface area contributed by atoms with E-state index in [1.165, 1.54) is 0 Å². The maximum atomic E-state index is 12.8. The second-order valence-electron chi connectivity index (χ2n) is 3.84. The molecule has 3 rings (SSSR count). The van der Waals surface area contributed by atoms with Crippen LogP contribution in [0.25, 0.3) is 22.4 Å². The molecule has 0 unspecified atom stereocenters. The van der Waals surface area contributed by atoms with Crippen LogP contribution in [-0.4, -0.2) is 19.9 Å². The number of aromatic nitrogens is 4. The van der Waals surface area contributed by atoms with Crippen molar-refractivity contribution in [2.45, 2.75) is 6.92 Å². The number of rotatable bonds is 1. The lowest BCUT2D eigenvalue weighted by molar-refractivity contribution is 0.614. The van der Waals surface area contributed by atoms with E-state index in [-0.39, 0.29) is 0 Å².